The van der Waals surface area contributed by atoms with Gasteiger partial charge in [0.25, 0.3) is 0 Å². The minimum absolute atomic E-state index is 0.596. The summed E-state index contributed by atoms with van der Waals surface area (Å²) in [6.07, 6.45) is 0.932. The van der Waals surface area contributed by atoms with Crippen LogP contribution in [0.5, 0.6) is 0 Å². The van der Waals surface area contributed by atoms with E-state index in [1.807, 2.05) is 19.2 Å². The monoisotopic (exact) mass is 151 g/mol. The maximum Gasteiger partial charge on any atom is 0.123 e. The number of hydrogen-bond donors (Lipinski definition) is 2. The molecule has 0 spiro atoms. The van der Waals surface area contributed by atoms with Crippen molar-refractivity contribution in [1.82, 2.24) is 10.3 Å². The number of likely N-dealkylation sites (N-methyl/N-ethyl adjacent to an activating group) is 1. The molecule has 11 heavy (non-hydrogen) atoms. The zero-order valence-electron chi connectivity index (χ0n) is 6.67. The summed E-state index contributed by atoms with van der Waals surface area (Å²) in [5, 5.41) is 3.05. The summed E-state index contributed by atoms with van der Waals surface area (Å²) in [4.78, 5) is 4.15. The van der Waals surface area contributed by atoms with Gasteiger partial charge in [0.15, 0.2) is 0 Å². The fourth-order valence-corrected chi connectivity index (χ4v) is 0.890. The highest BCUT2D eigenvalue weighted by Gasteiger charge is 1.92. The van der Waals surface area contributed by atoms with Crippen molar-refractivity contribution in [1.29, 1.82) is 0 Å². The van der Waals surface area contributed by atoms with Gasteiger partial charge in [-0.2, -0.15) is 0 Å². The van der Waals surface area contributed by atoms with Gasteiger partial charge in [-0.25, -0.2) is 4.98 Å². The molecule has 0 aromatic carbocycles. The summed E-state index contributed by atoms with van der Waals surface area (Å²) in [7, 11) is 1.92. The van der Waals surface area contributed by atoms with E-state index in [-0.39, 0.29) is 0 Å². The van der Waals surface area contributed by atoms with Crippen LogP contribution < -0.4 is 11.1 Å². The van der Waals surface area contributed by atoms with Crippen LogP contribution in [0.3, 0.4) is 0 Å². The SMILES string of the molecule is CNCCc1cccc(N)n1. The maximum absolute atomic E-state index is 5.50. The van der Waals surface area contributed by atoms with Gasteiger partial charge in [0.05, 0.1) is 0 Å². The van der Waals surface area contributed by atoms with E-state index in [1.165, 1.54) is 0 Å². The smallest absolute Gasteiger partial charge is 0.123 e. The molecule has 0 bridgehead atoms. The van der Waals surface area contributed by atoms with Gasteiger partial charge in [-0.05, 0) is 19.2 Å². The Hall–Kier alpha value is -1.09. The van der Waals surface area contributed by atoms with Gasteiger partial charge >= 0.3 is 0 Å². The number of nitrogens with one attached hydrogen (secondary N) is 1. The number of nitrogens with two attached hydrogens (primary N) is 1. The largest absolute Gasteiger partial charge is 0.384 e. The summed E-state index contributed by atoms with van der Waals surface area (Å²) >= 11 is 0. The topological polar surface area (TPSA) is 50.9 Å². The van der Waals surface area contributed by atoms with Crippen LogP contribution >= 0.6 is 0 Å². The highest BCUT2D eigenvalue weighted by atomic mass is 14.9. The third-order valence-electron chi connectivity index (χ3n) is 1.46. The molecular weight excluding hydrogens is 138 g/mol. The lowest BCUT2D eigenvalue weighted by Gasteiger charge is -1.99. The van der Waals surface area contributed by atoms with Gasteiger partial charge in [0.1, 0.15) is 5.82 Å². The van der Waals surface area contributed by atoms with Crippen LogP contribution in [-0.4, -0.2) is 18.6 Å². The van der Waals surface area contributed by atoms with E-state index in [0.29, 0.717) is 5.82 Å². The molecule has 3 nitrogen and oxygen atoms in total. The van der Waals surface area contributed by atoms with Crippen LogP contribution in [0.15, 0.2) is 18.2 Å². The van der Waals surface area contributed by atoms with E-state index < -0.39 is 0 Å². The van der Waals surface area contributed by atoms with Crippen LogP contribution in [0.2, 0.25) is 0 Å². The van der Waals surface area contributed by atoms with Crippen LogP contribution in [0, 0.1) is 0 Å². The second kappa shape index (κ2) is 3.93. The van der Waals surface area contributed by atoms with Crippen molar-refractivity contribution in [3.8, 4) is 0 Å². The first-order chi connectivity index (χ1) is 5.33. The van der Waals surface area contributed by atoms with Crippen LogP contribution in [0.1, 0.15) is 5.69 Å². The highest BCUT2D eigenvalue weighted by molar-refractivity contribution is 5.28. The molecule has 60 valence electrons. The van der Waals surface area contributed by atoms with E-state index in [4.69, 9.17) is 5.73 Å². The Balaban J connectivity index is 2.56. The molecule has 0 fully saturated rings. The lowest BCUT2D eigenvalue weighted by Crippen LogP contribution is -2.11. The van der Waals surface area contributed by atoms with Crippen molar-refractivity contribution in [2.45, 2.75) is 6.42 Å². The van der Waals surface area contributed by atoms with Crippen molar-refractivity contribution >= 4 is 5.82 Å². The van der Waals surface area contributed by atoms with Gasteiger partial charge in [-0.15, -0.1) is 0 Å². The van der Waals surface area contributed by atoms with Crippen molar-refractivity contribution in [3.63, 3.8) is 0 Å². The molecule has 0 saturated carbocycles. The number of hydrogen-bond acceptors (Lipinski definition) is 3. The molecule has 3 N–H and O–H groups in total. The molecule has 1 heterocycles. The molecule has 1 rings (SSSR count). The minimum atomic E-state index is 0.596. The quantitative estimate of drug-likeness (QED) is 0.658. The number of rotatable bonds is 3. The Bertz CT molecular complexity index is 222. The molecule has 0 saturated heterocycles. The second-order valence-electron chi connectivity index (χ2n) is 2.41. The third kappa shape index (κ3) is 2.55. The van der Waals surface area contributed by atoms with E-state index in [9.17, 15) is 0 Å². The molecule has 1 aromatic heterocycles. The molecule has 0 amide bonds. The summed E-state index contributed by atoms with van der Waals surface area (Å²) in [6.45, 7) is 0.941. The van der Waals surface area contributed by atoms with Gasteiger partial charge in [0, 0.05) is 18.7 Å². The Morgan fingerprint density at radius 2 is 2.36 bits per heavy atom. The number of aromatic nitrogens is 1. The Morgan fingerprint density at radius 3 is 3.00 bits per heavy atom. The standard InChI is InChI=1S/C8H13N3/c1-10-6-5-7-3-2-4-8(9)11-7/h2-4,10H,5-6H2,1H3,(H2,9,11). The summed E-state index contributed by atoms with van der Waals surface area (Å²) in [6, 6.07) is 5.70. The lowest BCUT2D eigenvalue weighted by atomic mass is 10.3. The molecule has 0 aliphatic rings. The van der Waals surface area contributed by atoms with E-state index in [0.717, 1.165) is 18.7 Å². The minimum Gasteiger partial charge on any atom is -0.384 e. The molecule has 0 atom stereocenters. The van der Waals surface area contributed by atoms with E-state index in [1.54, 1.807) is 6.07 Å². The van der Waals surface area contributed by atoms with Gasteiger partial charge < -0.3 is 11.1 Å². The number of nitrogen functional groups attached to an aromatic ring is 1. The first kappa shape index (κ1) is 8.01. The third-order valence-corrected chi connectivity index (χ3v) is 1.46. The zero-order valence-corrected chi connectivity index (χ0v) is 6.67. The van der Waals surface area contributed by atoms with Crippen molar-refractivity contribution in [3.05, 3.63) is 23.9 Å². The first-order valence-electron chi connectivity index (χ1n) is 3.69. The molecule has 0 unspecified atom stereocenters. The van der Waals surface area contributed by atoms with Crippen LogP contribution in [0.25, 0.3) is 0 Å². The van der Waals surface area contributed by atoms with Crippen molar-refractivity contribution in [2.75, 3.05) is 19.3 Å². The summed E-state index contributed by atoms with van der Waals surface area (Å²) < 4.78 is 0. The Morgan fingerprint density at radius 1 is 1.55 bits per heavy atom. The molecule has 1 aromatic rings. The molecule has 0 aliphatic carbocycles. The number of nitrogens with zero attached hydrogens (tertiary/aromatic N) is 1. The summed E-state index contributed by atoms with van der Waals surface area (Å²) in [5.41, 5.74) is 6.54. The zero-order chi connectivity index (χ0) is 8.10. The molecule has 0 radical (unpaired) electrons. The van der Waals surface area contributed by atoms with Gasteiger partial charge in [-0.1, -0.05) is 6.07 Å². The molecule has 3 heteroatoms. The predicted molar refractivity (Wildman–Crippen MR) is 46.3 cm³/mol. The molecule has 0 aliphatic heterocycles. The maximum atomic E-state index is 5.50. The van der Waals surface area contributed by atoms with E-state index in [2.05, 4.69) is 10.3 Å². The van der Waals surface area contributed by atoms with Crippen LogP contribution in [-0.2, 0) is 6.42 Å². The lowest BCUT2D eigenvalue weighted by molar-refractivity contribution is 0.777. The van der Waals surface area contributed by atoms with Crippen LogP contribution in [0.4, 0.5) is 5.82 Å². The average molecular weight is 151 g/mol. The predicted octanol–water partition coefficient (Wildman–Crippen LogP) is 0.426. The first-order valence-corrected chi connectivity index (χ1v) is 3.69. The summed E-state index contributed by atoms with van der Waals surface area (Å²) in [5.74, 6) is 0.596. The number of pyridine rings is 1. The second-order valence-corrected chi connectivity index (χ2v) is 2.41. The fraction of sp³-hybridized carbons (Fsp3) is 0.375. The highest BCUT2D eigenvalue weighted by Crippen LogP contribution is 1.99. The molecular formula is C8H13N3. The van der Waals surface area contributed by atoms with Gasteiger partial charge in [-0.3, -0.25) is 0 Å². The Kier molecular flexibility index (Phi) is 2.86. The van der Waals surface area contributed by atoms with E-state index >= 15 is 0 Å². The Labute approximate surface area is 66.6 Å². The number of anilines is 1. The average Bonchev–Trinajstić information content (AvgIpc) is 2.01. The normalized spacial score (nSPS) is 9.91. The van der Waals surface area contributed by atoms with Crippen molar-refractivity contribution < 1.29 is 0 Å². The van der Waals surface area contributed by atoms with Crippen molar-refractivity contribution in [2.24, 2.45) is 0 Å². The fourth-order valence-electron chi connectivity index (χ4n) is 0.890. The van der Waals surface area contributed by atoms with Gasteiger partial charge in [0.2, 0.25) is 0 Å².